The number of rotatable bonds is 3. The zero-order valence-electron chi connectivity index (χ0n) is 11.1. The molecule has 0 unspecified atom stereocenters. The number of hydrogen-bond acceptors (Lipinski definition) is 2. The van der Waals surface area contributed by atoms with Crippen LogP contribution in [-0.4, -0.2) is 9.55 Å². The number of fused-ring (bicyclic) bond motifs is 1. The van der Waals surface area contributed by atoms with Crippen molar-refractivity contribution in [2.45, 2.75) is 26.8 Å². The minimum absolute atomic E-state index is 0.798. The average molecular weight is 288 g/mol. The van der Waals surface area contributed by atoms with Gasteiger partial charge in [0.1, 0.15) is 0 Å². The van der Waals surface area contributed by atoms with Gasteiger partial charge < -0.3 is 9.55 Å². The molecule has 0 saturated carbocycles. The summed E-state index contributed by atoms with van der Waals surface area (Å²) in [4.78, 5) is 6.06. The Morgan fingerprint density at radius 2 is 2.00 bits per heavy atom. The number of hydrogen-bond donors (Lipinski definition) is 1. The summed E-state index contributed by atoms with van der Waals surface area (Å²) in [5.74, 6) is 0. The number of aryl methyl sites for hydroxylation is 2. The molecule has 0 aliphatic carbocycles. The Morgan fingerprint density at radius 1 is 1.21 bits per heavy atom. The van der Waals surface area contributed by atoms with Gasteiger partial charge in [0, 0.05) is 9.75 Å². The van der Waals surface area contributed by atoms with E-state index in [1.165, 1.54) is 20.8 Å². The van der Waals surface area contributed by atoms with Gasteiger partial charge in [-0.3, -0.25) is 0 Å². The van der Waals surface area contributed by atoms with Gasteiger partial charge in [-0.25, -0.2) is 0 Å². The maximum absolute atomic E-state index is 5.44. The van der Waals surface area contributed by atoms with E-state index in [9.17, 15) is 0 Å². The molecule has 0 atom stereocenters. The highest BCUT2D eigenvalue weighted by Crippen LogP contribution is 2.22. The SMILES string of the molecule is CCc1ccc(Cn2c(=S)[nH]c3ccc(C)cc32)s1. The van der Waals surface area contributed by atoms with Gasteiger partial charge in [0.2, 0.25) is 0 Å². The number of aromatic nitrogens is 2. The van der Waals surface area contributed by atoms with Crippen LogP contribution in [0.2, 0.25) is 0 Å². The lowest BCUT2D eigenvalue weighted by atomic mass is 10.2. The molecule has 0 bridgehead atoms. The topological polar surface area (TPSA) is 20.7 Å². The fraction of sp³-hybridized carbons (Fsp3) is 0.267. The zero-order valence-corrected chi connectivity index (χ0v) is 12.7. The molecule has 1 N–H and O–H groups in total. The number of nitrogens with zero attached hydrogens (tertiary/aromatic N) is 1. The standard InChI is InChI=1S/C15H16N2S2/c1-3-11-5-6-12(19-11)9-17-14-8-10(2)4-7-13(14)16-15(17)18/h4-8H,3,9H2,1-2H3,(H,16,18). The van der Waals surface area contributed by atoms with Crippen LogP contribution in [0.25, 0.3) is 11.0 Å². The maximum Gasteiger partial charge on any atom is 0.178 e. The Bertz CT molecular complexity index is 777. The largest absolute Gasteiger partial charge is 0.331 e. The maximum atomic E-state index is 5.44. The molecule has 3 rings (SSSR count). The third kappa shape index (κ3) is 2.38. The lowest BCUT2D eigenvalue weighted by molar-refractivity contribution is 0.823. The van der Waals surface area contributed by atoms with Crippen LogP contribution in [-0.2, 0) is 13.0 Å². The van der Waals surface area contributed by atoms with E-state index in [2.05, 4.69) is 53.7 Å². The molecule has 2 aromatic heterocycles. The van der Waals surface area contributed by atoms with Crippen LogP contribution < -0.4 is 0 Å². The molecule has 0 fully saturated rings. The minimum atomic E-state index is 0.798. The first-order chi connectivity index (χ1) is 9.17. The average Bonchev–Trinajstić information content (AvgIpc) is 2.96. The molecule has 2 heterocycles. The molecule has 0 amide bonds. The van der Waals surface area contributed by atoms with Crippen molar-refractivity contribution < 1.29 is 0 Å². The van der Waals surface area contributed by atoms with Gasteiger partial charge in [0.15, 0.2) is 4.77 Å². The molecular formula is C15H16N2S2. The summed E-state index contributed by atoms with van der Waals surface area (Å²) in [6.07, 6.45) is 1.10. The highest BCUT2D eigenvalue weighted by Gasteiger charge is 2.06. The summed E-state index contributed by atoms with van der Waals surface area (Å²) >= 11 is 7.31. The molecule has 4 heteroatoms. The molecule has 1 aromatic carbocycles. The van der Waals surface area contributed by atoms with Gasteiger partial charge in [-0.2, -0.15) is 0 Å². The Morgan fingerprint density at radius 3 is 2.74 bits per heavy atom. The normalized spacial score (nSPS) is 11.3. The second kappa shape index (κ2) is 4.94. The van der Waals surface area contributed by atoms with Gasteiger partial charge >= 0.3 is 0 Å². The molecule has 2 nitrogen and oxygen atoms in total. The van der Waals surface area contributed by atoms with E-state index in [4.69, 9.17) is 12.2 Å². The van der Waals surface area contributed by atoms with Crippen LogP contribution in [0.1, 0.15) is 22.2 Å². The van der Waals surface area contributed by atoms with Gasteiger partial charge in [-0.05, 0) is 55.4 Å². The van der Waals surface area contributed by atoms with Gasteiger partial charge in [-0.1, -0.05) is 13.0 Å². The zero-order chi connectivity index (χ0) is 13.4. The number of imidazole rings is 1. The third-order valence-corrected chi connectivity index (χ3v) is 4.85. The van der Waals surface area contributed by atoms with E-state index in [0.29, 0.717) is 0 Å². The van der Waals surface area contributed by atoms with E-state index < -0.39 is 0 Å². The van der Waals surface area contributed by atoms with E-state index in [-0.39, 0.29) is 0 Å². The summed E-state index contributed by atoms with van der Waals surface area (Å²) in [5.41, 5.74) is 3.56. The quantitative estimate of drug-likeness (QED) is 0.694. The summed E-state index contributed by atoms with van der Waals surface area (Å²) < 4.78 is 2.98. The lowest BCUT2D eigenvalue weighted by Crippen LogP contribution is -1.97. The molecular weight excluding hydrogens is 272 g/mol. The fourth-order valence-electron chi connectivity index (χ4n) is 2.27. The van der Waals surface area contributed by atoms with Gasteiger partial charge in [0.05, 0.1) is 17.6 Å². The predicted molar refractivity (Wildman–Crippen MR) is 84.7 cm³/mol. The number of aromatic amines is 1. The Hall–Kier alpha value is -1.39. The van der Waals surface area contributed by atoms with Crippen molar-refractivity contribution in [3.05, 3.63) is 50.4 Å². The molecule has 98 valence electrons. The molecule has 0 aliphatic rings. The van der Waals surface area contributed by atoms with Crippen molar-refractivity contribution in [1.82, 2.24) is 9.55 Å². The number of thiophene rings is 1. The van der Waals surface area contributed by atoms with Gasteiger partial charge in [0.25, 0.3) is 0 Å². The summed E-state index contributed by atoms with van der Waals surface area (Å²) in [7, 11) is 0. The van der Waals surface area contributed by atoms with Crippen molar-refractivity contribution >= 4 is 34.6 Å². The van der Waals surface area contributed by atoms with Crippen molar-refractivity contribution in [2.24, 2.45) is 0 Å². The van der Waals surface area contributed by atoms with Crippen LogP contribution in [0, 0.1) is 11.7 Å². The monoisotopic (exact) mass is 288 g/mol. The minimum Gasteiger partial charge on any atom is -0.331 e. The highest BCUT2D eigenvalue weighted by molar-refractivity contribution is 7.71. The van der Waals surface area contributed by atoms with Crippen molar-refractivity contribution in [1.29, 1.82) is 0 Å². The summed E-state index contributed by atoms with van der Waals surface area (Å²) in [5, 5.41) is 0. The summed E-state index contributed by atoms with van der Waals surface area (Å²) in [6.45, 7) is 5.16. The van der Waals surface area contributed by atoms with Gasteiger partial charge in [-0.15, -0.1) is 11.3 Å². The number of H-pyrrole nitrogens is 1. The molecule has 0 radical (unpaired) electrons. The van der Waals surface area contributed by atoms with E-state index in [0.717, 1.165) is 23.3 Å². The first-order valence-corrected chi connectivity index (χ1v) is 7.66. The lowest BCUT2D eigenvalue weighted by Gasteiger charge is -2.03. The third-order valence-electron chi connectivity index (χ3n) is 3.31. The first kappa shape index (κ1) is 12.6. The molecule has 3 aromatic rings. The van der Waals surface area contributed by atoms with Crippen LogP contribution in [0.5, 0.6) is 0 Å². The van der Waals surface area contributed by atoms with E-state index in [1.54, 1.807) is 0 Å². The molecule has 0 saturated heterocycles. The number of benzene rings is 1. The first-order valence-electron chi connectivity index (χ1n) is 6.44. The van der Waals surface area contributed by atoms with Crippen LogP contribution in [0.15, 0.2) is 30.3 Å². The molecule has 19 heavy (non-hydrogen) atoms. The number of nitrogens with one attached hydrogen (secondary N) is 1. The molecule has 0 spiro atoms. The highest BCUT2D eigenvalue weighted by atomic mass is 32.1. The van der Waals surface area contributed by atoms with Crippen molar-refractivity contribution in [3.8, 4) is 0 Å². The Balaban J connectivity index is 2.06. The fourth-order valence-corrected chi connectivity index (χ4v) is 3.49. The van der Waals surface area contributed by atoms with E-state index >= 15 is 0 Å². The summed E-state index contributed by atoms with van der Waals surface area (Å²) in [6, 6.07) is 10.8. The molecule has 0 aliphatic heterocycles. The predicted octanol–water partition coefficient (Wildman–Crippen LogP) is 4.68. The Kier molecular flexibility index (Phi) is 3.29. The smallest absolute Gasteiger partial charge is 0.178 e. The van der Waals surface area contributed by atoms with Crippen LogP contribution in [0.4, 0.5) is 0 Å². The van der Waals surface area contributed by atoms with Crippen LogP contribution >= 0.6 is 23.6 Å². The second-order valence-corrected chi connectivity index (χ2v) is 6.40. The van der Waals surface area contributed by atoms with Crippen molar-refractivity contribution in [2.75, 3.05) is 0 Å². The Labute approximate surface area is 121 Å². The van der Waals surface area contributed by atoms with Crippen LogP contribution in [0.3, 0.4) is 0 Å². The second-order valence-electron chi connectivity index (χ2n) is 4.76. The van der Waals surface area contributed by atoms with Crippen molar-refractivity contribution in [3.63, 3.8) is 0 Å². The van der Waals surface area contributed by atoms with E-state index in [1.807, 2.05) is 11.3 Å².